The van der Waals surface area contributed by atoms with Crippen LogP contribution in [0.5, 0.6) is 5.75 Å². The lowest BCUT2D eigenvalue weighted by Gasteiger charge is -2.11. The molecule has 25 heavy (non-hydrogen) atoms. The molecule has 0 radical (unpaired) electrons. The zero-order valence-corrected chi connectivity index (χ0v) is 14.0. The molecule has 0 atom stereocenters. The predicted octanol–water partition coefficient (Wildman–Crippen LogP) is 5.43. The Kier molecular flexibility index (Phi) is 5.46. The third kappa shape index (κ3) is 3.89. The Morgan fingerprint density at radius 3 is 2.56 bits per heavy atom. The molecule has 3 N–H and O–H groups in total. The quantitative estimate of drug-likeness (QED) is 0.236. The van der Waals surface area contributed by atoms with Gasteiger partial charge in [0.25, 0.3) is 0 Å². The summed E-state index contributed by atoms with van der Waals surface area (Å²) in [7, 11) is 1.49. The molecule has 3 aromatic rings. The number of nitrogens with zero attached hydrogens (tertiary/aromatic N) is 2. The van der Waals surface area contributed by atoms with E-state index in [4.69, 9.17) is 5.26 Å². The standard InChI is InChI=1S/C17H15N3O4S/c1-18-20-16-15(25-24-23-22)10-11-9-13(7-8-14(11)17(16)21)19-12-5-3-2-4-6-12/h2-10,19,21-22H,1H3. The second kappa shape index (κ2) is 7.95. The van der Waals surface area contributed by atoms with E-state index in [0.717, 1.165) is 28.8 Å². The van der Waals surface area contributed by atoms with Crippen LogP contribution >= 0.6 is 12.0 Å². The van der Waals surface area contributed by atoms with Crippen molar-refractivity contribution in [2.45, 2.75) is 4.90 Å². The molecule has 0 aliphatic heterocycles. The maximum atomic E-state index is 10.5. The van der Waals surface area contributed by atoms with Crippen LogP contribution in [0.1, 0.15) is 0 Å². The molecule has 128 valence electrons. The van der Waals surface area contributed by atoms with Gasteiger partial charge < -0.3 is 10.4 Å². The van der Waals surface area contributed by atoms with Crippen molar-refractivity contribution in [3.63, 3.8) is 0 Å². The summed E-state index contributed by atoms with van der Waals surface area (Å²) in [4.78, 5) is 0.446. The summed E-state index contributed by atoms with van der Waals surface area (Å²) in [6.45, 7) is 0. The molecular weight excluding hydrogens is 342 g/mol. The highest BCUT2D eigenvalue weighted by Gasteiger charge is 2.15. The van der Waals surface area contributed by atoms with Crippen LogP contribution in [0.3, 0.4) is 0 Å². The summed E-state index contributed by atoms with van der Waals surface area (Å²) in [5.41, 5.74) is 2.05. The number of anilines is 2. The first-order valence-electron chi connectivity index (χ1n) is 7.29. The zero-order chi connectivity index (χ0) is 17.6. The number of para-hydroxylation sites is 1. The fourth-order valence-corrected chi connectivity index (χ4v) is 2.92. The number of azo groups is 1. The molecule has 8 heteroatoms. The smallest absolute Gasteiger partial charge is 0.152 e. The predicted molar refractivity (Wildman–Crippen MR) is 96.4 cm³/mol. The Balaban J connectivity index is 2.04. The molecule has 3 rings (SSSR count). The van der Waals surface area contributed by atoms with Gasteiger partial charge in [-0.3, -0.25) is 0 Å². The number of nitrogens with one attached hydrogen (secondary N) is 1. The van der Waals surface area contributed by atoms with Crippen LogP contribution in [0, 0.1) is 0 Å². The van der Waals surface area contributed by atoms with Crippen molar-refractivity contribution >= 4 is 39.9 Å². The van der Waals surface area contributed by atoms with Gasteiger partial charge in [0.1, 0.15) is 5.69 Å². The molecular formula is C17H15N3O4S. The Morgan fingerprint density at radius 2 is 1.84 bits per heavy atom. The molecule has 0 unspecified atom stereocenters. The third-order valence-electron chi connectivity index (χ3n) is 3.47. The van der Waals surface area contributed by atoms with E-state index < -0.39 is 0 Å². The number of phenols is 1. The monoisotopic (exact) mass is 357 g/mol. The summed E-state index contributed by atoms with van der Waals surface area (Å²) in [6, 6.07) is 17.1. The Hall–Kier alpha value is -2.65. The largest absolute Gasteiger partial charge is 0.505 e. The summed E-state index contributed by atoms with van der Waals surface area (Å²) in [6.07, 6.45) is 0. The lowest BCUT2D eigenvalue weighted by molar-refractivity contribution is -0.432. The van der Waals surface area contributed by atoms with E-state index in [0.29, 0.717) is 10.3 Å². The van der Waals surface area contributed by atoms with E-state index in [1.807, 2.05) is 42.5 Å². The van der Waals surface area contributed by atoms with Crippen LogP contribution in [0.4, 0.5) is 17.1 Å². The summed E-state index contributed by atoms with van der Waals surface area (Å²) < 4.78 is 4.48. The fourth-order valence-electron chi connectivity index (χ4n) is 2.43. The molecule has 7 nitrogen and oxygen atoms in total. The van der Waals surface area contributed by atoms with E-state index in [9.17, 15) is 5.11 Å². The van der Waals surface area contributed by atoms with Crippen LogP contribution in [0.15, 0.2) is 69.7 Å². The lowest BCUT2D eigenvalue weighted by atomic mass is 10.1. The van der Waals surface area contributed by atoms with Gasteiger partial charge in [-0.1, -0.05) is 23.2 Å². The van der Waals surface area contributed by atoms with Gasteiger partial charge in [0.15, 0.2) is 5.75 Å². The second-order valence-electron chi connectivity index (χ2n) is 5.02. The molecule has 0 aliphatic carbocycles. The Labute approximate surface area is 148 Å². The number of phenolic OH excluding ortho intramolecular Hbond substituents is 1. The van der Waals surface area contributed by atoms with E-state index in [2.05, 4.69) is 24.9 Å². The van der Waals surface area contributed by atoms with Crippen molar-refractivity contribution in [1.29, 1.82) is 0 Å². The van der Waals surface area contributed by atoms with Crippen LogP contribution < -0.4 is 5.32 Å². The third-order valence-corrected chi connectivity index (χ3v) is 4.09. The number of aromatic hydroxyl groups is 1. The van der Waals surface area contributed by atoms with Crippen LogP contribution in [0.2, 0.25) is 0 Å². The van der Waals surface area contributed by atoms with Crippen molar-refractivity contribution in [3.8, 4) is 5.75 Å². The Morgan fingerprint density at radius 1 is 1.04 bits per heavy atom. The van der Waals surface area contributed by atoms with Gasteiger partial charge in [0.05, 0.1) is 16.9 Å². The summed E-state index contributed by atoms with van der Waals surface area (Å²) >= 11 is 0.719. The van der Waals surface area contributed by atoms with Gasteiger partial charge in [-0.25, -0.2) is 5.26 Å². The van der Waals surface area contributed by atoms with E-state index >= 15 is 0 Å². The zero-order valence-electron chi connectivity index (χ0n) is 13.2. The van der Waals surface area contributed by atoms with Gasteiger partial charge >= 0.3 is 0 Å². The summed E-state index contributed by atoms with van der Waals surface area (Å²) in [5.74, 6) is -0.0293. The molecule has 0 heterocycles. The Bertz CT molecular complexity index is 903. The molecule has 0 spiro atoms. The first kappa shape index (κ1) is 17.2. The number of benzene rings is 3. The van der Waals surface area contributed by atoms with Crippen LogP contribution in [-0.2, 0) is 9.37 Å². The number of fused-ring (bicyclic) bond motifs is 1. The van der Waals surface area contributed by atoms with E-state index in [-0.39, 0.29) is 11.4 Å². The van der Waals surface area contributed by atoms with Crippen molar-refractivity contribution in [3.05, 3.63) is 54.6 Å². The highest BCUT2D eigenvalue weighted by molar-refractivity contribution is 7.94. The molecule has 0 bridgehead atoms. The molecule has 0 fully saturated rings. The molecule has 3 aromatic carbocycles. The van der Waals surface area contributed by atoms with E-state index in [1.54, 1.807) is 12.1 Å². The molecule has 0 aliphatic rings. The van der Waals surface area contributed by atoms with Crippen molar-refractivity contribution in [1.82, 2.24) is 0 Å². The molecule has 0 amide bonds. The fraction of sp³-hybridized carbons (Fsp3) is 0.0588. The van der Waals surface area contributed by atoms with Gasteiger partial charge in [-0.15, -0.1) is 4.33 Å². The SMILES string of the molecule is CN=Nc1c(SOOO)cc2cc(Nc3ccccc3)ccc2c1O. The minimum atomic E-state index is -0.0293. The normalized spacial score (nSPS) is 11.3. The molecule has 0 saturated carbocycles. The van der Waals surface area contributed by atoms with E-state index in [1.165, 1.54) is 7.05 Å². The van der Waals surface area contributed by atoms with Crippen molar-refractivity contribution in [2.75, 3.05) is 12.4 Å². The highest BCUT2D eigenvalue weighted by atomic mass is 32.2. The van der Waals surface area contributed by atoms with Gasteiger partial charge in [0.2, 0.25) is 0 Å². The number of rotatable bonds is 6. The van der Waals surface area contributed by atoms with Crippen LogP contribution in [0.25, 0.3) is 10.8 Å². The minimum Gasteiger partial charge on any atom is -0.505 e. The average molecular weight is 357 g/mol. The van der Waals surface area contributed by atoms with Gasteiger partial charge in [-0.05, 0) is 41.8 Å². The van der Waals surface area contributed by atoms with Gasteiger partial charge in [-0.2, -0.15) is 10.2 Å². The van der Waals surface area contributed by atoms with Crippen molar-refractivity contribution in [2.24, 2.45) is 10.2 Å². The molecule has 0 saturated heterocycles. The van der Waals surface area contributed by atoms with Crippen LogP contribution in [-0.4, -0.2) is 17.4 Å². The number of hydrogen-bond acceptors (Lipinski definition) is 8. The highest BCUT2D eigenvalue weighted by Crippen LogP contribution is 2.44. The topological polar surface area (TPSA) is 95.7 Å². The van der Waals surface area contributed by atoms with Gasteiger partial charge in [0, 0.05) is 23.8 Å². The minimum absolute atomic E-state index is 0.0293. The lowest BCUT2D eigenvalue weighted by Crippen LogP contribution is -1.90. The van der Waals surface area contributed by atoms with Crippen molar-refractivity contribution < 1.29 is 19.7 Å². The average Bonchev–Trinajstić information content (AvgIpc) is 2.63. The maximum absolute atomic E-state index is 10.5. The maximum Gasteiger partial charge on any atom is 0.152 e. The first-order valence-corrected chi connectivity index (χ1v) is 8.03. The first-order chi connectivity index (χ1) is 12.2. The second-order valence-corrected chi connectivity index (χ2v) is 5.77. The molecule has 0 aromatic heterocycles. The number of hydrogen-bond donors (Lipinski definition) is 3. The summed E-state index contributed by atoms with van der Waals surface area (Å²) in [5, 5.41) is 34.8.